The molecular weight excluding hydrogens is 364 g/mol. The Bertz CT molecular complexity index is 874. The minimum Gasteiger partial charge on any atom is -0.337 e. The molecule has 0 atom stereocenters. The topological polar surface area (TPSA) is 51.0 Å². The maximum Gasteiger partial charge on any atom is 0.233 e. The van der Waals surface area contributed by atoms with Gasteiger partial charge in [-0.2, -0.15) is 0 Å². The Morgan fingerprint density at radius 2 is 2.12 bits per heavy atom. The highest BCUT2D eigenvalue weighted by Gasteiger charge is 2.16. The molecule has 0 aliphatic carbocycles. The second-order valence-electron chi connectivity index (χ2n) is 6.03. The third-order valence-corrected chi connectivity index (χ3v) is 6.06. The van der Waals surface area contributed by atoms with Gasteiger partial charge in [0.25, 0.3) is 0 Å². The van der Waals surface area contributed by atoms with Crippen molar-refractivity contribution >= 4 is 29.0 Å². The summed E-state index contributed by atoms with van der Waals surface area (Å²) in [7, 11) is 0. The summed E-state index contributed by atoms with van der Waals surface area (Å²) >= 11 is 3.10. The predicted molar refractivity (Wildman–Crippen MR) is 107 cm³/mol. The lowest BCUT2D eigenvalue weighted by Gasteiger charge is -2.19. The SMILES string of the molecule is CCN(Cc1cccs1)C(=O)CSc1nncn1-c1ccc(C)c(C)c1. The lowest BCUT2D eigenvalue weighted by Crippen LogP contribution is -2.31. The van der Waals surface area contributed by atoms with E-state index in [1.54, 1.807) is 17.7 Å². The number of carbonyl (C=O) groups is 1. The van der Waals surface area contributed by atoms with Gasteiger partial charge in [-0.05, 0) is 55.5 Å². The van der Waals surface area contributed by atoms with Gasteiger partial charge in [-0.15, -0.1) is 21.5 Å². The molecule has 0 N–H and O–H groups in total. The van der Waals surface area contributed by atoms with Gasteiger partial charge < -0.3 is 4.90 Å². The molecule has 0 aliphatic heterocycles. The molecule has 3 rings (SSSR count). The number of rotatable bonds is 7. The second-order valence-corrected chi connectivity index (χ2v) is 8.00. The van der Waals surface area contributed by atoms with E-state index in [-0.39, 0.29) is 5.91 Å². The Hall–Kier alpha value is -2.12. The van der Waals surface area contributed by atoms with Gasteiger partial charge in [-0.3, -0.25) is 9.36 Å². The highest BCUT2D eigenvalue weighted by Crippen LogP contribution is 2.22. The zero-order chi connectivity index (χ0) is 18.5. The Balaban J connectivity index is 1.67. The molecule has 0 bridgehead atoms. The maximum atomic E-state index is 12.6. The summed E-state index contributed by atoms with van der Waals surface area (Å²) in [5.41, 5.74) is 3.48. The van der Waals surface area contributed by atoms with Crippen LogP contribution in [0, 0.1) is 13.8 Å². The largest absolute Gasteiger partial charge is 0.337 e. The van der Waals surface area contributed by atoms with E-state index in [0.717, 1.165) is 10.8 Å². The van der Waals surface area contributed by atoms with Gasteiger partial charge in [-0.1, -0.05) is 23.9 Å². The summed E-state index contributed by atoms with van der Waals surface area (Å²) in [4.78, 5) is 15.7. The van der Waals surface area contributed by atoms with Crippen molar-refractivity contribution in [2.75, 3.05) is 12.3 Å². The van der Waals surface area contributed by atoms with Gasteiger partial charge in [0.1, 0.15) is 6.33 Å². The average molecular weight is 387 g/mol. The Labute approximate surface area is 162 Å². The van der Waals surface area contributed by atoms with Gasteiger partial charge in [-0.25, -0.2) is 0 Å². The molecule has 5 nitrogen and oxygen atoms in total. The number of amides is 1. The molecule has 1 amide bonds. The number of nitrogens with zero attached hydrogens (tertiary/aromatic N) is 4. The third-order valence-electron chi connectivity index (χ3n) is 4.27. The van der Waals surface area contributed by atoms with Crippen LogP contribution >= 0.6 is 23.1 Å². The van der Waals surface area contributed by atoms with Crippen molar-refractivity contribution in [2.24, 2.45) is 0 Å². The lowest BCUT2D eigenvalue weighted by molar-refractivity contribution is -0.128. The first-order valence-electron chi connectivity index (χ1n) is 8.49. The smallest absolute Gasteiger partial charge is 0.233 e. The number of thioether (sulfide) groups is 1. The molecule has 0 fully saturated rings. The third kappa shape index (κ3) is 4.34. The van der Waals surface area contributed by atoms with Gasteiger partial charge in [0, 0.05) is 17.1 Å². The zero-order valence-electron chi connectivity index (χ0n) is 15.2. The second kappa shape index (κ2) is 8.51. The molecule has 2 heterocycles. The molecule has 2 aromatic heterocycles. The van der Waals surface area contributed by atoms with Crippen LogP contribution in [0.3, 0.4) is 0 Å². The number of carbonyl (C=O) groups excluding carboxylic acids is 1. The first-order chi connectivity index (χ1) is 12.6. The fraction of sp³-hybridized carbons (Fsp3) is 0.316. The number of thiophene rings is 1. The Morgan fingerprint density at radius 3 is 2.81 bits per heavy atom. The van der Waals surface area contributed by atoms with E-state index in [1.807, 2.05) is 33.9 Å². The minimum absolute atomic E-state index is 0.112. The molecular formula is C19H22N4OS2. The van der Waals surface area contributed by atoms with E-state index in [0.29, 0.717) is 18.8 Å². The molecule has 0 saturated heterocycles. The number of hydrogen-bond donors (Lipinski definition) is 0. The normalized spacial score (nSPS) is 10.9. The van der Waals surface area contributed by atoms with E-state index in [2.05, 4.69) is 42.2 Å². The van der Waals surface area contributed by atoms with Crippen molar-refractivity contribution in [1.82, 2.24) is 19.7 Å². The van der Waals surface area contributed by atoms with Crippen LogP contribution in [0.25, 0.3) is 5.69 Å². The number of aryl methyl sites for hydroxylation is 2. The summed E-state index contributed by atoms with van der Waals surface area (Å²) in [6, 6.07) is 10.3. The van der Waals surface area contributed by atoms with Crippen LogP contribution in [-0.4, -0.2) is 37.9 Å². The highest BCUT2D eigenvalue weighted by molar-refractivity contribution is 7.99. The monoisotopic (exact) mass is 386 g/mol. The van der Waals surface area contributed by atoms with Crippen LogP contribution in [0.5, 0.6) is 0 Å². The highest BCUT2D eigenvalue weighted by atomic mass is 32.2. The summed E-state index contributed by atoms with van der Waals surface area (Å²) in [6.07, 6.45) is 1.69. The van der Waals surface area contributed by atoms with Crippen molar-refractivity contribution in [3.63, 3.8) is 0 Å². The summed E-state index contributed by atoms with van der Waals surface area (Å²) < 4.78 is 1.93. The van der Waals surface area contributed by atoms with E-state index >= 15 is 0 Å². The zero-order valence-corrected chi connectivity index (χ0v) is 16.8. The summed E-state index contributed by atoms with van der Waals surface area (Å²) in [6.45, 7) is 7.54. The molecule has 3 aromatic rings. The number of aromatic nitrogens is 3. The standard InChI is InChI=1S/C19H22N4OS2/c1-4-22(11-17-6-5-9-25-17)18(24)12-26-19-21-20-13-23(19)16-8-7-14(2)15(3)10-16/h5-10,13H,4,11-12H2,1-3H3. The lowest BCUT2D eigenvalue weighted by atomic mass is 10.1. The fourth-order valence-corrected chi connectivity index (χ4v) is 4.11. The molecule has 26 heavy (non-hydrogen) atoms. The van der Waals surface area contributed by atoms with Gasteiger partial charge in [0.05, 0.1) is 12.3 Å². The quantitative estimate of drug-likeness (QED) is 0.574. The van der Waals surface area contributed by atoms with E-state index in [9.17, 15) is 4.79 Å². The van der Waals surface area contributed by atoms with Crippen molar-refractivity contribution in [1.29, 1.82) is 0 Å². The molecule has 1 aromatic carbocycles. The van der Waals surface area contributed by atoms with Crippen LogP contribution in [0.4, 0.5) is 0 Å². The first-order valence-corrected chi connectivity index (χ1v) is 10.4. The van der Waals surface area contributed by atoms with Gasteiger partial charge in [0.2, 0.25) is 5.91 Å². The number of benzene rings is 1. The predicted octanol–water partition coefficient (Wildman–Crippen LogP) is 4.09. The van der Waals surface area contributed by atoms with Crippen molar-refractivity contribution in [3.8, 4) is 5.69 Å². The summed E-state index contributed by atoms with van der Waals surface area (Å²) in [5, 5.41) is 11.0. The van der Waals surface area contributed by atoms with Crippen molar-refractivity contribution in [3.05, 3.63) is 58.0 Å². The molecule has 0 aliphatic rings. The molecule has 0 unspecified atom stereocenters. The van der Waals surface area contributed by atoms with Crippen LogP contribution < -0.4 is 0 Å². The van der Waals surface area contributed by atoms with E-state index < -0.39 is 0 Å². The maximum absolute atomic E-state index is 12.6. The molecule has 0 radical (unpaired) electrons. The van der Waals surface area contributed by atoms with Gasteiger partial charge >= 0.3 is 0 Å². The molecule has 7 heteroatoms. The van der Waals surface area contributed by atoms with Crippen LogP contribution in [-0.2, 0) is 11.3 Å². The van der Waals surface area contributed by atoms with E-state index in [1.165, 1.54) is 27.8 Å². The van der Waals surface area contributed by atoms with Crippen LogP contribution in [0.15, 0.2) is 47.2 Å². The van der Waals surface area contributed by atoms with Gasteiger partial charge in [0.15, 0.2) is 5.16 Å². The minimum atomic E-state index is 0.112. The fourth-order valence-electron chi connectivity index (χ4n) is 2.56. The average Bonchev–Trinajstić information content (AvgIpc) is 3.31. The molecule has 0 spiro atoms. The van der Waals surface area contributed by atoms with Crippen LogP contribution in [0.2, 0.25) is 0 Å². The Kier molecular flexibility index (Phi) is 6.11. The molecule has 0 saturated carbocycles. The summed E-state index contributed by atoms with van der Waals surface area (Å²) in [5.74, 6) is 0.462. The van der Waals surface area contributed by atoms with E-state index in [4.69, 9.17) is 0 Å². The van der Waals surface area contributed by atoms with Crippen molar-refractivity contribution < 1.29 is 4.79 Å². The Morgan fingerprint density at radius 1 is 1.27 bits per heavy atom. The van der Waals surface area contributed by atoms with Crippen molar-refractivity contribution in [2.45, 2.75) is 32.5 Å². The number of hydrogen-bond acceptors (Lipinski definition) is 5. The first kappa shape index (κ1) is 18.7. The molecule has 136 valence electrons. The van der Waals surface area contributed by atoms with Crippen LogP contribution in [0.1, 0.15) is 22.9 Å².